The molecule has 0 saturated carbocycles. The van der Waals surface area contributed by atoms with Gasteiger partial charge in [0.15, 0.2) is 0 Å². The maximum Gasteiger partial charge on any atom is 0.271 e. The molecule has 3 nitrogen and oxygen atoms in total. The lowest BCUT2D eigenvalue weighted by Crippen LogP contribution is -2.17. The van der Waals surface area contributed by atoms with Crippen molar-refractivity contribution in [3.05, 3.63) is 68.7 Å². The van der Waals surface area contributed by atoms with E-state index in [1.165, 1.54) is 6.21 Å². The van der Waals surface area contributed by atoms with Crippen molar-refractivity contribution in [2.75, 3.05) is 0 Å². The Bertz CT molecular complexity index is 711. The molecule has 0 heterocycles. The zero-order valence-electron chi connectivity index (χ0n) is 11.7. The zero-order chi connectivity index (χ0) is 15.4. The number of aryl methyl sites for hydroxylation is 2. The van der Waals surface area contributed by atoms with Crippen LogP contribution in [0.1, 0.15) is 27.0 Å². The number of halogens is 2. The number of benzene rings is 2. The Morgan fingerprint density at radius 1 is 1.10 bits per heavy atom. The first kappa shape index (κ1) is 15.5. The van der Waals surface area contributed by atoms with Crippen molar-refractivity contribution in [1.82, 2.24) is 5.43 Å². The van der Waals surface area contributed by atoms with Crippen molar-refractivity contribution in [1.29, 1.82) is 0 Å². The van der Waals surface area contributed by atoms with Crippen LogP contribution < -0.4 is 5.43 Å². The van der Waals surface area contributed by atoms with Crippen LogP contribution in [0.3, 0.4) is 0 Å². The molecule has 0 atom stereocenters. The summed E-state index contributed by atoms with van der Waals surface area (Å²) in [5, 5.41) is 4.94. The maximum absolute atomic E-state index is 12.0. The van der Waals surface area contributed by atoms with Crippen LogP contribution in [0, 0.1) is 13.8 Å². The minimum atomic E-state index is -0.264. The summed E-state index contributed by atoms with van der Waals surface area (Å²) in [6.45, 7) is 3.96. The van der Waals surface area contributed by atoms with E-state index in [4.69, 9.17) is 23.2 Å². The van der Waals surface area contributed by atoms with Gasteiger partial charge in [0.05, 0.1) is 11.2 Å². The van der Waals surface area contributed by atoms with Gasteiger partial charge in [-0.05, 0) is 49.2 Å². The Balaban J connectivity index is 2.06. The van der Waals surface area contributed by atoms with E-state index in [-0.39, 0.29) is 5.91 Å². The third-order valence-corrected chi connectivity index (χ3v) is 3.66. The molecular weight excluding hydrogens is 307 g/mol. The third-order valence-electron chi connectivity index (χ3n) is 3.10. The minimum absolute atomic E-state index is 0.264. The molecule has 0 spiro atoms. The number of nitrogens with zero attached hydrogens (tertiary/aromatic N) is 1. The molecule has 0 radical (unpaired) electrons. The standard InChI is InChI=1S/C16H14Cl2N2O/c1-10-3-4-12(7-11(10)2)16(21)20-19-9-13-5-6-14(17)8-15(13)18/h3-9H,1-2H3,(H,20,21)/b19-9+. The Morgan fingerprint density at radius 2 is 1.86 bits per heavy atom. The fraction of sp³-hybridized carbons (Fsp3) is 0.125. The average molecular weight is 321 g/mol. The summed E-state index contributed by atoms with van der Waals surface area (Å²) in [5.74, 6) is -0.264. The summed E-state index contributed by atoms with van der Waals surface area (Å²) in [4.78, 5) is 12.0. The van der Waals surface area contributed by atoms with Gasteiger partial charge in [0.2, 0.25) is 0 Å². The second-order valence-electron chi connectivity index (χ2n) is 4.66. The van der Waals surface area contributed by atoms with Crippen LogP contribution in [0.2, 0.25) is 10.0 Å². The molecule has 21 heavy (non-hydrogen) atoms. The molecule has 2 rings (SSSR count). The molecule has 0 bridgehead atoms. The number of amides is 1. The minimum Gasteiger partial charge on any atom is -0.267 e. The molecule has 0 saturated heterocycles. The van der Waals surface area contributed by atoms with Crippen LogP contribution in [0.25, 0.3) is 0 Å². The third kappa shape index (κ3) is 4.06. The van der Waals surface area contributed by atoms with Crippen molar-refractivity contribution in [2.24, 2.45) is 5.10 Å². The van der Waals surface area contributed by atoms with Gasteiger partial charge in [-0.15, -0.1) is 0 Å². The number of hydrogen-bond acceptors (Lipinski definition) is 2. The van der Waals surface area contributed by atoms with E-state index >= 15 is 0 Å². The molecule has 5 heteroatoms. The van der Waals surface area contributed by atoms with Crippen LogP contribution in [-0.2, 0) is 0 Å². The second kappa shape index (κ2) is 6.74. The van der Waals surface area contributed by atoms with Gasteiger partial charge < -0.3 is 0 Å². The predicted octanol–water partition coefficient (Wildman–Crippen LogP) is 4.37. The fourth-order valence-corrected chi connectivity index (χ4v) is 2.17. The lowest BCUT2D eigenvalue weighted by Gasteiger charge is -2.04. The normalized spacial score (nSPS) is 10.9. The summed E-state index contributed by atoms with van der Waals surface area (Å²) in [5.41, 5.74) is 5.93. The van der Waals surface area contributed by atoms with Crippen LogP contribution in [-0.4, -0.2) is 12.1 Å². The fourth-order valence-electron chi connectivity index (χ4n) is 1.71. The van der Waals surface area contributed by atoms with Gasteiger partial charge in [0.1, 0.15) is 0 Å². The predicted molar refractivity (Wildman–Crippen MR) is 87.4 cm³/mol. The highest BCUT2D eigenvalue weighted by atomic mass is 35.5. The second-order valence-corrected chi connectivity index (χ2v) is 5.51. The van der Waals surface area contributed by atoms with Gasteiger partial charge in [0.25, 0.3) is 5.91 Å². The highest BCUT2D eigenvalue weighted by Crippen LogP contribution is 2.19. The topological polar surface area (TPSA) is 41.5 Å². The SMILES string of the molecule is Cc1ccc(C(=O)N/N=C/c2ccc(Cl)cc2Cl)cc1C. The van der Waals surface area contributed by atoms with Crippen molar-refractivity contribution >= 4 is 35.3 Å². The molecular formula is C16H14Cl2N2O. The summed E-state index contributed by atoms with van der Waals surface area (Å²) < 4.78 is 0. The van der Waals surface area contributed by atoms with E-state index in [0.717, 1.165) is 11.1 Å². The highest BCUT2D eigenvalue weighted by molar-refractivity contribution is 6.36. The largest absolute Gasteiger partial charge is 0.271 e. The molecule has 0 aliphatic rings. The lowest BCUT2D eigenvalue weighted by molar-refractivity contribution is 0.0955. The summed E-state index contributed by atoms with van der Waals surface area (Å²) in [6, 6.07) is 10.6. The molecule has 0 aliphatic heterocycles. The number of rotatable bonds is 3. The summed E-state index contributed by atoms with van der Waals surface area (Å²) in [6.07, 6.45) is 1.48. The first-order valence-corrected chi connectivity index (χ1v) is 7.08. The Kier molecular flexibility index (Phi) is 4.99. The molecule has 2 aromatic carbocycles. The first-order chi connectivity index (χ1) is 9.97. The Morgan fingerprint density at radius 3 is 2.52 bits per heavy atom. The van der Waals surface area contributed by atoms with Crippen LogP contribution >= 0.6 is 23.2 Å². The maximum atomic E-state index is 12.0. The zero-order valence-corrected chi connectivity index (χ0v) is 13.2. The van der Waals surface area contributed by atoms with Gasteiger partial charge in [0, 0.05) is 16.1 Å². The smallest absolute Gasteiger partial charge is 0.267 e. The lowest BCUT2D eigenvalue weighted by atomic mass is 10.1. The molecule has 2 aromatic rings. The van der Waals surface area contributed by atoms with Gasteiger partial charge in [-0.2, -0.15) is 5.10 Å². The molecule has 0 aliphatic carbocycles. The van der Waals surface area contributed by atoms with Crippen molar-refractivity contribution in [2.45, 2.75) is 13.8 Å². The van der Waals surface area contributed by atoms with E-state index in [1.54, 1.807) is 24.3 Å². The summed E-state index contributed by atoms with van der Waals surface area (Å²) in [7, 11) is 0. The monoisotopic (exact) mass is 320 g/mol. The number of nitrogens with one attached hydrogen (secondary N) is 1. The molecule has 0 aromatic heterocycles. The number of carbonyl (C=O) groups is 1. The van der Waals surface area contributed by atoms with E-state index in [0.29, 0.717) is 21.2 Å². The van der Waals surface area contributed by atoms with Crippen molar-refractivity contribution < 1.29 is 4.79 Å². The van der Waals surface area contributed by atoms with Gasteiger partial charge in [-0.25, -0.2) is 5.43 Å². The highest BCUT2D eigenvalue weighted by Gasteiger charge is 2.05. The Hall–Kier alpha value is -1.84. The van der Waals surface area contributed by atoms with E-state index in [2.05, 4.69) is 10.5 Å². The number of hydrogen-bond donors (Lipinski definition) is 1. The number of carbonyl (C=O) groups excluding carboxylic acids is 1. The molecule has 0 unspecified atom stereocenters. The molecule has 1 N–H and O–H groups in total. The van der Waals surface area contributed by atoms with Crippen molar-refractivity contribution in [3.8, 4) is 0 Å². The Labute approximate surface area is 133 Å². The van der Waals surface area contributed by atoms with Crippen LogP contribution in [0.5, 0.6) is 0 Å². The quantitative estimate of drug-likeness (QED) is 0.662. The molecule has 0 fully saturated rings. The molecule has 1 amide bonds. The first-order valence-electron chi connectivity index (χ1n) is 6.33. The van der Waals surface area contributed by atoms with Crippen LogP contribution in [0.4, 0.5) is 0 Å². The van der Waals surface area contributed by atoms with E-state index < -0.39 is 0 Å². The summed E-state index contributed by atoms with van der Waals surface area (Å²) >= 11 is 11.8. The average Bonchev–Trinajstić information content (AvgIpc) is 2.44. The van der Waals surface area contributed by atoms with Gasteiger partial charge in [-0.1, -0.05) is 35.3 Å². The van der Waals surface area contributed by atoms with E-state index in [1.807, 2.05) is 26.0 Å². The van der Waals surface area contributed by atoms with Gasteiger partial charge >= 0.3 is 0 Å². The van der Waals surface area contributed by atoms with E-state index in [9.17, 15) is 4.79 Å². The van der Waals surface area contributed by atoms with Gasteiger partial charge in [-0.3, -0.25) is 4.79 Å². The molecule has 108 valence electrons. The van der Waals surface area contributed by atoms with Crippen molar-refractivity contribution in [3.63, 3.8) is 0 Å². The van der Waals surface area contributed by atoms with Crippen LogP contribution in [0.15, 0.2) is 41.5 Å². The number of hydrazone groups is 1.